The lowest BCUT2D eigenvalue weighted by Gasteiger charge is -2.46. The Bertz CT molecular complexity index is 375. The van der Waals surface area contributed by atoms with Gasteiger partial charge >= 0.3 is 0 Å². The second-order valence-electron chi connectivity index (χ2n) is 6.54. The highest BCUT2D eigenvalue weighted by Gasteiger charge is 2.37. The van der Waals surface area contributed by atoms with Gasteiger partial charge in [-0.2, -0.15) is 0 Å². The first-order valence-electron chi connectivity index (χ1n) is 7.65. The molecule has 0 unspecified atom stereocenters. The number of rotatable bonds is 5. The molecule has 0 amide bonds. The van der Waals surface area contributed by atoms with Crippen LogP contribution in [0.4, 0.5) is 0 Å². The molecule has 0 aromatic rings. The summed E-state index contributed by atoms with van der Waals surface area (Å²) in [5.74, 6) is -1.09. The Balaban J connectivity index is 1.98. The minimum Gasteiger partial charge on any atom is -0.349 e. The molecule has 2 aliphatic rings. The van der Waals surface area contributed by atoms with Gasteiger partial charge in [-0.1, -0.05) is 5.11 Å². The Labute approximate surface area is 131 Å². The van der Waals surface area contributed by atoms with Gasteiger partial charge in [-0.05, 0) is 33.2 Å². The van der Waals surface area contributed by atoms with Gasteiger partial charge in [-0.3, -0.25) is 4.90 Å². The van der Waals surface area contributed by atoms with Crippen molar-refractivity contribution in [3.05, 3.63) is 10.4 Å². The van der Waals surface area contributed by atoms with E-state index < -0.39 is 11.6 Å². The van der Waals surface area contributed by atoms with E-state index in [2.05, 4.69) is 14.9 Å². The molecule has 126 valence electrons. The minimum absolute atomic E-state index is 0.0975. The Morgan fingerprint density at radius 2 is 1.36 bits per heavy atom. The summed E-state index contributed by atoms with van der Waals surface area (Å²) in [6.07, 6.45) is 0. The van der Waals surface area contributed by atoms with Gasteiger partial charge in [0.2, 0.25) is 0 Å². The molecule has 0 bridgehead atoms. The third-order valence-electron chi connectivity index (χ3n) is 3.95. The zero-order valence-corrected chi connectivity index (χ0v) is 13.8. The standard InChI is InChI=1S/C14H26N4O4/c1-13(2)19-7-11(8-20-13)18(6-5-16-17-15)12-9-21-14(3,4)22-10-12/h11-12H,5-10H2,1-4H3. The van der Waals surface area contributed by atoms with Gasteiger partial charge in [-0.15, -0.1) is 0 Å². The molecule has 0 radical (unpaired) electrons. The van der Waals surface area contributed by atoms with Crippen LogP contribution in [-0.4, -0.2) is 68.1 Å². The average Bonchev–Trinajstić information content (AvgIpc) is 2.45. The zero-order chi connectivity index (χ0) is 16.2. The van der Waals surface area contributed by atoms with Crippen molar-refractivity contribution >= 4 is 0 Å². The second kappa shape index (κ2) is 7.12. The lowest BCUT2D eigenvalue weighted by molar-refractivity contribution is -0.287. The van der Waals surface area contributed by atoms with Crippen molar-refractivity contribution in [1.29, 1.82) is 0 Å². The zero-order valence-electron chi connectivity index (χ0n) is 13.8. The molecular weight excluding hydrogens is 288 g/mol. The summed E-state index contributed by atoms with van der Waals surface area (Å²) in [7, 11) is 0. The molecule has 2 heterocycles. The summed E-state index contributed by atoms with van der Waals surface area (Å²) >= 11 is 0. The molecule has 0 N–H and O–H groups in total. The molecule has 0 spiro atoms. The van der Waals surface area contributed by atoms with Crippen LogP contribution >= 0.6 is 0 Å². The third-order valence-corrected chi connectivity index (χ3v) is 3.95. The number of hydrogen-bond acceptors (Lipinski definition) is 6. The van der Waals surface area contributed by atoms with E-state index in [1.54, 1.807) is 0 Å². The van der Waals surface area contributed by atoms with Crippen molar-refractivity contribution < 1.29 is 18.9 Å². The Morgan fingerprint density at radius 1 is 0.955 bits per heavy atom. The Morgan fingerprint density at radius 3 is 1.73 bits per heavy atom. The molecule has 0 aliphatic carbocycles. The van der Waals surface area contributed by atoms with E-state index in [9.17, 15) is 0 Å². The SMILES string of the molecule is CC1(C)OCC(N(CCN=[N+]=[N-])C2COC(C)(C)OC2)CO1. The van der Waals surface area contributed by atoms with E-state index in [1.807, 2.05) is 27.7 Å². The number of ether oxygens (including phenoxy) is 4. The lowest BCUT2D eigenvalue weighted by Crippen LogP contribution is -2.59. The third kappa shape index (κ3) is 4.81. The highest BCUT2D eigenvalue weighted by Crippen LogP contribution is 2.25. The Kier molecular flexibility index (Phi) is 5.65. The van der Waals surface area contributed by atoms with Crippen LogP contribution in [-0.2, 0) is 18.9 Å². The van der Waals surface area contributed by atoms with Gasteiger partial charge in [0.15, 0.2) is 11.6 Å². The first-order valence-corrected chi connectivity index (χ1v) is 7.65. The van der Waals surface area contributed by atoms with Crippen molar-refractivity contribution in [2.24, 2.45) is 5.11 Å². The minimum atomic E-state index is -0.547. The van der Waals surface area contributed by atoms with E-state index in [1.165, 1.54) is 0 Å². The lowest BCUT2D eigenvalue weighted by atomic mass is 10.1. The summed E-state index contributed by atoms with van der Waals surface area (Å²) in [4.78, 5) is 5.02. The van der Waals surface area contributed by atoms with Crippen molar-refractivity contribution in [2.45, 2.75) is 51.4 Å². The quantitative estimate of drug-likeness (QED) is 0.439. The van der Waals surface area contributed by atoms with Gasteiger partial charge in [0, 0.05) is 18.0 Å². The van der Waals surface area contributed by atoms with Gasteiger partial charge in [-0.25, -0.2) is 0 Å². The molecular formula is C14H26N4O4. The topological polar surface area (TPSA) is 88.9 Å². The molecule has 0 aromatic heterocycles. The average molecular weight is 314 g/mol. The molecule has 0 saturated carbocycles. The summed E-state index contributed by atoms with van der Waals surface area (Å²) in [5.41, 5.74) is 8.48. The fourth-order valence-corrected chi connectivity index (χ4v) is 2.62. The maximum absolute atomic E-state index is 8.48. The van der Waals surface area contributed by atoms with Crippen LogP contribution in [0.15, 0.2) is 5.11 Å². The predicted octanol–water partition coefficient (Wildman–Crippen LogP) is 1.90. The molecule has 0 atom stereocenters. The van der Waals surface area contributed by atoms with Gasteiger partial charge < -0.3 is 18.9 Å². The van der Waals surface area contributed by atoms with Crippen LogP contribution in [0, 0.1) is 0 Å². The van der Waals surface area contributed by atoms with E-state index in [0.29, 0.717) is 39.5 Å². The Hall–Kier alpha value is -0.890. The van der Waals surface area contributed by atoms with E-state index >= 15 is 0 Å². The second-order valence-corrected chi connectivity index (χ2v) is 6.54. The first kappa shape index (κ1) is 17.5. The summed E-state index contributed by atoms with van der Waals surface area (Å²) in [6, 6.07) is 0.195. The van der Waals surface area contributed by atoms with Gasteiger partial charge in [0.05, 0.1) is 38.5 Å². The normalized spacial score (nSPS) is 25.9. The van der Waals surface area contributed by atoms with Gasteiger partial charge in [0.1, 0.15) is 0 Å². The fourth-order valence-electron chi connectivity index (χ4n) is 2.62. The largest absolute Gasteiger partial charge is 0.349 e. The molecule has 8 nitrogen and oxygen atoms in total. The van der Waals surface area contributed by atoms with Crippen LogP contribution in [0.2, 0.25) is 0 Å². The molecule has 2 aliphatic heterocycles. The molecule has 2 saturated heterocycles. The summed E-state index contributed by atoms with van der Waals surface area (Å²) in [6.45, 7) is 10.9. The van der Waals surface area contributed by atoms with Crippen molar-refractivity contribution in [1.82, 2.24) is 4.90 Å². The number of hydrogen-bond donors (Lipinski definition) is 0. The smallest absolute Gasteiger partial charge is 0.162 e. The van der Waals surface area contributed by atoms with E-state index in [0.717, 1.165) is 0 Å². The number of nitrogens with zero attached hydrogens (tertiary/aromatic N) is 4. The van der Waals surface area contributed by atoms with Crippen LogP contribution < -0.4 is 0 Å². The summed E-state index contributed by atoms with van der Waals surface area (Å²) in [5, 5.41) is 3.63. The van der Waals surface area contributed by atoms with Crippen molar-refractivity contribution in [2.75, 3.05) is 39.5 Å². The molecule has 0 aromatic carbocycles. The molecule has 2 fully saturated rings. The molecule has 2 rings (SSSR count). The monoisotopic (exact) mass is 314 g/mol. The van der Waals surface area contributed by atoms with Crippen LogP contribution in [0.5, 0.6) is 0 Å². The fraction of sp³-hybridized carbons (Fsp3) is 1.00. The first-order chi connectivity index (χ1) is 10.3. The number of azide groups is 1. The van der Waals surface area contributed by atoms with E-state index in [4.69, 9.17) is 24.5 Å². The van der Waals surface area contributed by atoms with Gasteiger partial charge in [0.25, 0.3) is 0 Å². The predicted molar refractivity (Wildman–Crippen MR) is 80.3 cm³/mol. The van der Waals surface area contributed by atoms with E-state index in [-0.39, 0.29) is 12.1 Å². The summed E-state index contributed by atoms with van der Waals surface area (Å²) < 4.78 is 23.0. The van der Waals surface area contributed by atoms with Crippen molar-refractivity contribution in [3.63, 3.8) is 0 Å². The highest BCUT2D eigenvalue weighted by molar-refractivity contribution is 4.85. The van der Waals surface area contributed by atoms with Crippen LogP contribution in [0.25, 0.3) is 10.4 Å². The maximum atomic E-state index is 8.48. The van der Waals surface area contributed by atoms with Crippen LogP contribution in [0.3, 0.4) is 0 Å². The maximum Gasteiger partial charge on any atom is 0.162 e. The molecule has 22 heavy (non-hydrogen) atoms. The molecule has 8 heteroatoms. The van der Waals surface area contributed by atoms with Crippen LogP contribution in [0.1, 0.15) is 27.7 Å². The van der Waals surface area contributed by atoms with Crippen molar-refractivity contribution in [3.8, 4) is 0 Å². The highest BCUT2D eigenvalue weighted by atomic mass is 16.7.